The molecule has 1 rings (SSSR count). The molecular weight excluding hydrogens is 200 g/mol. The Morgan fingerprint density at radius 3 is 3.00 bits per heavy atom. The fourth-order valence-electron chi connectivity index (χ4n) is 2.27. The lowest BCUT2D eigenvalue weighted by Crippen LogP contribution is -2.54. The Kier molecular flexibility index (Phi) is 6.03. The first-order valence-corrected chi connectivity index (χ1v) is 6.38. The van der Waals surface area contributed by atoms with E-state index in [1.54, 1.807) is 0 Å². The van der Waals surface area contributed by atoms with Crippen molar-refractivity contribution in [3.05, 3.63) is 12.7 Å². The van der Waals surface area contributed by atoms with Gasteiger partial charge in [-0.15, -0.1) is 6.58 Å². The molecular formula is C13H26N2O. The Hall–Kier alpha value is -0.380. The Bertz CT molecular complexity index is 208. The summed E-state index contributed by atoms with van der Waals surface area (Å²) in [4.78, 5) is 2.57. The fourth-order valence-corrected chi connectivity index (χ4v) is 2.27. The number of hydrogen-bond donors (Lipinski definition) is 1. The Morgan fingerprint density at radius 2 is 2.38 bits per heavy atom. The van der Waals surface area contributed by atoms with E-state index in [2.05, 4.69) is 37.6 Å². The number of hydrogen-bond acceptors (Lipinski definition) is 3. The predicted octanol–water partition coefficient (Wildman–Crippen LogP) is 1.65. The average molecular weight is 226 g/mol. The third kappa shape index (κ3) is 3.89. The fraction of sp³-hybridized carbons (Fsp3) is 0.846. The summed E-state index contributed by atoms with van der Waals surface area (Å²) in [5.41, 5.74) is 0. The van der Waals surface area contributed by atoms with Crippen LogP contribution in [0.1, 0.15) is 27.2 Å². The van der Waals surface area contributed by atoms with Gasteiger partial charge >= 0.3 is 0 Å². The van der Waals surface area contributed by atoms with E-state index in [9.17, 15) is 0 Å². The van der Waals surface area contributed by atoms with Crippen molar-refractivity contribution in [1.82, 2.24) is 10.2 Å². The molecule has 0 bridgehead atoms. The molecule has 1 aliphatic heterocycles. The first-order valence-electron chi connectivity index (χ1n) is 6.38. The van der Waals surface area contributed by atoms with E-state index in [0.29, 0.717) is 18.2 Å². The molecule has 0 amide bonds. The molecule has 1 fully saturated rings. The van der Waals surface area contributed by atoms with Crippen LogP contribution in [0, 0.1) is 0 Å². The highest BCUT2D eigenvalue weighted by atomic mass is 16.5. The molecule has 3 nitrogen and oxygen atoms in total. The van der Waals surface area contributed by atoms with E-state index in [0.717, 1.165) is 26.2 Å². The summed E-state index contributed by atoms with van der Waals surface area (Å²) in [5, 5.41) is 3.39. The van der Waals surface area contributed by atoms with E-state index in [1.807, 2.05) is 6.08 Å². The maximum atomic E-state index is 5.71. The molecule has 94 valence electrons. The molecule has 0 aliphatic carbocycles. The van der Waals surface area contributed by atoms with E-state index in [1.165, 1.54) is 6.42 Å². The second-order valence-corrected chi connectivity index (χ2v) is 4.70. The maximum absolute atomic E-state index is 5.71. The summed E-state index contributed by atoms with van der Waals surface area (Å²) in [6, 6.07) is 1.15. The number of morpholine rings is 1. The molecule has 1 saturated heterocycles. The minimum atomic E-state index is 0.365. The van der Waals surface area contributed by atoms with E-state index in [-0.39, 0.29) is 0 Å². The van der Waals surface area contributed by atoms with Crippen LogP contribution in [-0.4, -0.2) is 49.3 Å². The molecule has 16 heavy (non-hydrogen) atoms. The van der Waals surface area contributed by atoms with Crippen LogP contribution in [0.25, 0.3) is 0 Å². The monoisotopic (exact) mass is 226 g/mol. The molecule has 0 spiro atoms. The summed E-state index contributed by atoms with van der Waals surface area (Å²) in [6.45, 7) is 14.2. The van der Waals surface area contributed by atoms with Gasteiger partial charge in [0.25, 0.3) is 0 Å². The second-order valence-electron chi connectivity index (χ2n) is 4.70. The molecule has 3 unspecified atom stereocenters. The van der Waals surface area contributed by atoms with Crippen LogP contribution in [0.4, 0.5) is 0 Å². The van der Waals surface area contributed by atoms with Gasteiger partial charge in [0.15, 0.2) is 0 Å². The average Bonchev–Trinajstić information content (AvgIpc) is 2.29. The van der Waals surface area contributed by atoms with Crippen LogP contribution in [-0.2, 0) is 4.74 Å². The molecule has 1 N–H and O–H groups in total. The molecule has 3 heteroatoms. The summed E-state index contributed by atoms with van der Waals surface area (Å²) < 4.78 is 5.71. The lowest BCUT2D eigenvalue weighted by atomic mass is 10.1. The van der Waals surface area contributed by atoms with Gasteiger partial charge in [-0.2, -0.15) is 0 Å². The zero-order valence-corrected chi connectivity index (χ0v) is 10.9. The van der Waals surface area contributed by atoms with E-state index < -0.39 is 0 Å². The van der Waals surface area contributed by atoms with Gasteiger partial charge in [-0.05, 0) is 20.3 Å². The van der Waals surface area contributed by atoms with Crippen molar-refractivity contribution in [3.8, 4) is 0 Å². The third-order valence-corrected chi connectivity index (χ3v) is 3.28. The molecule has 3 atom stereocenters. The predicted molar refractivity (Wildman–Crippen MR) is 68.7 cm³/mol. The van der Waals surface area contributed by atoms with Gasteiger partial charge in [0.1, 0.15) is 0 Å². The minimum absolute atomic E-state index is 0.365. The van der Waals surface area contributed by atoms with Crippen LogP contribution >= 0.6 is 0 Å². The molecule has 0 aromatic heterocycles. The zero-order chi connectivity index (χ0) is 12.0. The summed E-state index contributed by atoms with van der Waals surface area (Å²) in [6.07, 6.45) is 3.44. The van der Waals surface area contributed by atoms with Crippen LogP contribution in [0.2, 0.25) is 0 Å². The van der Waals surface area contributed by atoms with Gasteiger partial charge in [-0.3, -0.25) is 4.90 Å². The standard InChI is InChI=1S/C13H26N2O/c1-5-7-14-8-11(3)15-9-12(4)16-10-13(15)6-2/h5,11-14H,1,6-10H2,2-4H3. The van der Waals surface area contributed by atoms with Crippen molar-refractivity contribution in [3.63, 3.8) is 0 Å². The molecule has 0 aromatic carbocycles. The van der Waals surface area contributed by atoms with Crippen molar-refractivity contribution in [2.24, 2.45) is 0 Å². The van der Waals surface area contributed by atoms with E-state index >= 15 is 0 Å². The first-order chi connectivity index (χ1) is 7.69. The van der Waals surface area contributed by atoms with Gasteiger partial charge in [-0.1, -0.05) is 13.0 Å². The SMILES string of the molecule is C=CCNCC(C)N1CC(C)OCC1CC. The molecule has 0 aromatic rings. The summed E-state index contributed by atoms with van der Waals surface area (Å²) in [5.74, 6) is 0. The Labute approximate surface area is 99.8 Å². The summed E-state index contributed by atoms with van der Waals surface area (Å²) in [7, 11) is 0. The lowest BCUT2D eigenvalue weighted by molar-refractivity contribution is -0.0693. The van der Waals surface area contributed by atoms with Crippen molar-refractivity contribution < 1.29 is 4.74 Å². The summed E-state index contributed by atoms with van der Waals surface area (Å²) >= 11 is 0. The normalized spacial score (nSPS) is 28.9. The van der Waals surface area contributed by atoms with Crippen molar-refractivity contribution in [1.29, 1.82) is 0 Å². The van der Waals surface area contributed by atoms with Crippen molar-refractivity contribution >= 4 is 0 Å². The third-order valence-electron chi connectivity index (χ3n) is 3.28. The van der Waals surface area contributed by atoms with Crippen molar-refractivity contribution in [2.45, 2.75) is 45.4 Å². The number of rotatable bonds is 6. The highest BCUT2D eigenvalue weighted by Crippen LogP contribution is 2.17. The minimum Gasteiger partial charge on any atom is -0.376 e. The smallest absolute Gasteiger partial charge is 0.0674 e. The second kappa shape index (κ2) is 7.05. The Morgan fingerprint density at radius 1 is 1.62 bits per heavy atom. The molecule has 0 saturated carbocycles. The highest BCUT2D eigenvalue weighted by Gasteiger charge is 2.28. The van der Waals surface area contributed by atoms with E-state index in [4.69, 9.17) is 4.74 Å². The molecule has 1 aliphatic rings. The van der Waals surface area contributed by atoms with Crippen LogP contribution in [0.3, 0.4) is 0 Å². The Balaban J connectivity index is 2.42. The number of nitrogens with one attached hydrogen (secondary N) is 1. The number of nitrogens with zero attached hydrogens (tertiary/aromatic N) is 1. The number of ether oxygens (including phenoxy) is 1. The van der Waals surface area contributed by atoms with Gasteiger partial charge in [0.2, 0.25) is 0 Å². The lowest BCUT2D eigenvalue weighted by Gasteiger charge is -2.42. The van der Waals surface area contributed by atoms with Crippen LogP contribution in [0.5, 0.6) is 0 Å². The van der Waals surface area contributed by atoms with Crippen LogP contribution < -0.4 is 5.32 Å². The van der Waals surface area contributed by atoms with Gasteiger partial charge in [0.05, 0.1) is 12.7 Å². The topological polar surface area (TPSA) is 24.5 Å². The first kappa shape index (κ1) is 13.7. The quantitative estimate of drug-likeness (QED) is 0.550. The highest BCUT2D eigenvalue weighted by molar-refractivity contribution is 4.83. The van der Waals surface area contributed by atoms with Gasteiger partial charge in [0, 0.05) is 31.7 Å². The largest absolute Gasteiger partial charge is 0.376 e. The van der Waals surface area contributed by atoms with Crippen LogP contribution in [0.15, 0.2) is 12.7 Å². The maximum Gasteiger partial charge on any atom is 0.0674 e. The van der Waals surface area contributed by atoms with Gasteiger partial charge in [-0.25, -0.2) is 0 Å². The van der Waals surface area contributed by atoms with Gasteiger partial charge < -0.3 is 10.1 Å². The van der Waals surface area contributed by atoms with Crippen molar-refractivity contribution in [2.75, 3.05) is 26.2 Å². The molecule has 0 radical (unpaired) electrons. The molecule has 1 heterocycles. The zero-order valence-electron chi connectivity index (χ0n) is 10.9.